The van der Waals surface area contributed by atoms with Crippen molar-refractivity contribution in [3.05, 3.63) is 45.8 Å². The Labute approximate surface area is 131 Å². The summed E-state index contributed by atoms with van der Waals surface area (Å²) in [4.78, 5) is 16.2. The Morgan fingerprint density at radius 2 is 1.82 bits per heavy atom. The van der Waals surface area contributed by atoms with E-state index in [9.17, 15) is 4.79 Å². The maximum Gasteiger partial charge on any atom is 0.249 e. The minimum Gasteiger partial charge on any atom is -0.303 e. The molecule has 0 radical (unpaired) electrons. The first-order chi connectivity index (χ1) is 10.4. The molecule has 2 aliphatic heterocycles. The van der Waals surface area contributed by atoms with Crippen molar-refractivity contribution in [2.45, 2.75) is 39.0 Å². The van der Waals surface area contributed by atoms with E-state index in [-0.39, 0.29) is 5.41 Å². The summed E-state index contributed by atoms with van der Waals surface area (Å²) >= 11 is 0. The standard InChI is InChI=1S/C11H13N3O.C6H11N/c1-11(2,3)9-6-4-8(5-7-9)10(15)13-14-12;1-3-7-4-2-6(1)5-7/h4-7H,1-3H3;6H,1-5H2. The molecule has 0 atom stereocenters. The van der Waals surface area contributed by atoms with Gasteiger partial charge in [-0.15, -0.1) is 0 Å². The average molecular weight is 300 g/mol. The van der Waals surface area contributed by atoms with Crippen molar-refractivity contribution >= 4 is 5.91 Å². The van der Waals surface area contributed by atoms with E-state index in [0.29, 0.717) is 5.56 Å². The van der Waals surface area contributed by atoms with Crippen molar-refractivity contribution in [2.24, 2.45) is 11.0 Å². The Morgan fingerprint density at radius 1 is 1.23 bits per heavy atom. The second kappa shape index (κ2) is 6.95. The summed E-state index contributed by atoms with van der Waals surface area (Å²) in [6.45, 7) is 10.5. The zero-order valence-electron chi connectivity index (χ0n) is 13.6. The predicted octanol–water partition coefficient (Wildman–Crippen LogP) is 4.15. The molecule has 1 aromatic carbocycles. The lowest BCUT2D eigenvalue weighted by atomic mass is 9.87. The van der Waals surface area contributed by atoms with Gasteiger partial charge in [-0.3, -0.25) is 4.79 Å². The van der Waals surface area contributed by atoms with Crippen LogP contribution in [0, 0.1) is 5.92 Å². The second-order valence-electron chi connectivity index (χ2n) is 7.07. The Kier molecular flexibility index (Phi) is 5.22. The fourth-order valence-corrected chi connectivity index (χ4v) is 2.93. The number of fused-ring (bicyclic) bond motifs is 2. The molecule has 0 aliphatic carbocycles. The van der Waals surface area contributed by atoms with Gasteiger partial charge in [0.25, 0.3) is 0 Å². The van der Waals surface area contributed by atoms with Crippen molar-refractivity contribution in [1.29, 1.82) is 0 Å². The number of hydrogen-bond donors (Lipinski definition) is 0. The number of benzene rings is 1. The highest BCUT2D eigenvalue weighted by Crippen LogP contribution is 2.26. The normalized spacial score (nSPS) is 22.5. The summed E-state index contributed by atoms with van der Waals surface area (Å²) < 4.78 is 0. The summed E-state index contributed by atoms with van der Waals surface area (Å²) in [7, 11) is 0. The molecule has 0 spiro atoms. The third-order valence-electron chi connectivity index (χ3n) is 4.36. The first-order valence-corrected chi connectivity index (χ1v) is 7.82. The van der Waals surface area contributed by atoms with E-state index in [4.69, 9.17) is 5.53 Å². The third-order valence-corrected chi connectivity index (χ3v) is 4.36. The minimum absolute atomic E-state index is 0.0556. The predicted molar refractivity (Wildman–Crippen MR) is 87.8 cm³/mol. The molecule has 3 rings (SSSR count). The highest BCUT2D eigenvalue weighted by molar-refractivity contribution is 5.94. The van der Waals surface area contributed by atoms with Gasteiger partial charge < -0.3 is 4.90 Å². The maximum atomic E-state index is 11.2. The quantitative estimate of drug-likeness (QED) is 0.444. The fraction of sp³-hybridized carbons (Fsp3) is 0.588. The van der Waals surface area contributed by atoms with Gasteiger partial charge >= 0.3 is 0 Å². The van der Waals surface area contributed by atoms with Crippen LogP contribution in [0.25, 0.3) is 10.4 Å². The second-order valence-corrected chi connectivity index (χ2v) is 7.07. The number of rotatable bonds is 1. The highest BCUT2D eigenvalue weighted by atomic mass is 16.1. The van der Waals surface area contributed by atoms with Gasteiger partial charge in [0.1, 0.15) is 0 Å². The average Bonchev–Trinajstić information content (AvgIpc) is 3.12. The number of nitrogens with zero attached hydrogens (tertiary/aromatic N) is 4. The zero-order valence-corrected chi connectivity index (χ0v) is 13.6. The lowest BCUT2D eigenvalue weighted by Crippen LogP contribution is -2.15. The van der Waals surface area contributed by atoms with E-state index in [1.807, 2.05) is 12.1 Å². The Bertz CT molecular complexity index is 549. The maximum absolute atomic E-state index is 11.2. The molecule has 0 unspecified atom stereocenters. The van der Waals surface area contributed by atoms with Crippen LogP contribution in [0.5, 0.6) is 0 Å². The number of amides is 1. The van der Waals surface area contributed by atoms with Gasteiger partial charge in [-0.1, -0.05) is 45.0 Å². The first kappa shape index (κ1) is 16.5. The zero-order chi connectivity index (χ0) is 16.2. The lowest BCUT2D eigenvalue weighted by molar-refractivity contribution is 0.100. The van der Waals surface area contributed by atoms with E-state index >= 15 is 0 Å². The number of hydrogen-bond acceptors (Lipinski definition) is 2. The van der Waals surface area contributed by atoms with E-state index < -0.39 is 5.91 Å². The molecule has 118 valence electrons. The first-order valence-electron chi connectivity index (χ1n) is 7.82. The third kappa shape index (κ3) is 4.33. The summed E-state index contributed by atoms with van der Waals surface area (Å²) in [5, 5.41) is 3.03. The summed E-state index contributed by atoms with van der Waals surface area (Å²) in [6.07, 6.45) is 2.97. The van der Waals surface area contributed by atoms with Crippen LogP contribution < -0.4 is 0 Å². The lowest BCUT2D eigenvalue weighted by Gasteiger charge is -2.18. The van der Waals surface area contributed by atoms with Crippen molar-refractivity contribution in [1.82, 2.24) is 4.90 Å². The van der Waals surface area contributed by atoms with Crippen molar-refractivity contribution in [3.63, 3.8) is 0 Å². The number of carbonyl (C=O) groups excluding carboxylic acids is 1. The molecule has 5 heteroatoms. The molecule has 0 saturated carbocycles. The van der Waals surface area contributed by atoms with Gasteiger partial charge in [-0.25, -0.2) is 0 Å². The summed E-state index contributed by atoms with van der Waals surface area (Å²) in [5.41, 5.74) is 9.73. The minimum atomic E-state index is -0.544. The number of carbonyl (C=O) groups is 1. The molecule has 2 heterocycles. The Balaban J connectivity index is 0.000000205. The van der Waals surface area contributed by atoms with Gasteiger partial charge in [0.05, 0.1) is 0 Å². The molecule has 22 heavy (non-hydrogen) atoms. The van der Waals surface area contributed by atoms with Crippen molar-refractivity contribution < 1.29 is 4.79 Å². The molecule has 5 nitrogen and oxygen atoms in total. The molecule has 1 aromatic rings. The van der Waals surface area contributed by atoms with Crippen LogP contribution in [-0.2, 0) is 5.41 Å². The monoisotopic (exact) mass is 300 g/mol. The Morgan fingerprint density at radius 3 is 2.14 bits per heavy atom. The molecule has 2 fully saturated rings. The van der Waals surface area contributed by atoms with Crippen LogP contribution in [0.15, 0.2) is 29.4 Å². The van der Waals surface area contributed by atoms with E-state index in [1.165, 1.54) is 32.5 Å². The van der Waals surface area contributed by atoms with Crippen LogP contribution in [0.1, 0.15) is 49.5 Å². The fourth-order valence-electron chi connectivity index (χ4n) is 2.93. The molecule has 2 saturated heterocycles. The van der Waals surface area contributed by atoms with Crippen LogP contribution in [-0.4, -0.2) is 30.4 Å². The largest absolute Gasteiger partial charge is 0.303 e. The SMILES string of the molecule is C1CN2CCC1C2.CC(C)(C)c1ccc(C(=O)N=[N+]=[N-])cc1. The molecule has 0 aromatic heterocycles. The van der Waals surface area contributed by atoms with Gasteiger partial charge in [-0.05, 0) is 53.5 Å². The highest BCUT2D eigenvalue weighted by Gasteiger charge is 2.28. The van der Waals surface area contributed by atoms with Crippen molar-refractivity contribution in [3.8, 4) is 0 Å². The van der Waals surface area contributed by atoms with E-state index in [0.717, 1.165) is 11.5 Å². The summed E-state index contributed by atoms with van der Waals surface area (Å²) in [6, 6.07) is 7.11. The molecule has 2 bridgehead atoms. The van der Waals surface area contributed by atoms with Crippen LogP contribution in [0.2, 0.25) is 0 Å². The summed E-state index contributed by atoms with van der Waals surface area (Å²) in [5.74, 6) is 0.554. The van der Waals surface area contributed by atoms with Gasteiger partial charge in [0.2, 0.25) is 5.91 Å². The van der Waals surface area contributed by atoms with Gasteiger partial charge in [0, 0.05) is 17.0 Å². The molecule has 2 aliphatic rings. The van der Waals surface area contributed by atoms with Crippen molar-refractivity contribution in [2.75, 3.05) is 19.6 Å². The number of azide groups is 1. The van der Waals surface area contributed by atoms with Crippen LogP contribution in [0.3, 0.4) is 0 Å². The molecular weight excluding hydrogens is 276 g/mol. The van der Waals surface area contributed by atoms with Crippen LogP contribution in [0.4, 0.5) is 0 Å². The van der Waals surface area contributed by atoms with Gasteiger partial charge in [0.15, 0.2) is 0 Å². The molecular formula is C17H24N4O. The van der Waals surface area contributed by atoms with Crippen LogP contribution >= 0.6 is 0 Å². The molecule has 1 amide bonds. The Hall–Kier alpha value is -1.84. The van der Waals surface area contributed by atoms with E-state index in [1.54, 1.807) is 12.1 Å². The van der Waals surface area contributed by atoms with Gasteiger partial charge in [-0.2, -0.15) is 0 Å². The topological polar surface area (TPSA) is 69.1 Å². The van der Waals surface area contributed by atoms with E-state index in [2.05, 4.69) is 35.7 Å². The molecule has 0 N–H and O–H groups in total. The number of piperidine rings is 1. The smallest absolute Gasteiger partial charge is 0.249 e.